The van der Waals surface area contributed by atoms with Crippen molar-refractivity contribution >= 4 is 11.6 Å². The van der Waals surface area contributed by atoms with Gasteiger partial charge in [-0.2, -0.15) is 0 Å². The van der Waals surface area contributed by atoms with E-state index in [1.807, 2.05) is 0 Å². The maximum absolute atomic E-state index is 12.8. The van der Waals surface area contributed by atoms with Crippen molar-refractivity contribution < 1.29 is 13.9 Å². The lowest BCUT2D eigenvalue weighted by molar-refractivity contribution is 0.413. The van der Waals surface area contributed by atoms with Crippen LogP contribution in [-0.2, 0) is 0 Å². The average molecular weight is 253 g/mol. The van der Waals surface area contributed by atoms with Crippen LogP contribution < -0.4 is 9.47 Å². The van der Waals surface area contributed by atoms with Crippen LogP contribution in [0.2, 0.25) is 5.02 Å². The van der Waals surface area contributed by atoms with Gasteiger partial charge in [0.05, 0.1) is 12.1 Å². The van der Waals surface area contributed by atoms with Crippen LogP contribution in [0.25, 0.3) is 0 Å². The van der Waals surface area contributed by atoms with Gasteiger partial charge in [-0.05, 0) is 42.5 Å². The largest absolute Gasteiger partial charge is 0.497 e. The van der Waals surface area contributed by atoms with Crippen LogP contribution in [0.1, 0.15) is 0 Å². The second kappa shape index (κ2) is 5.06. The highest BCUT2D eigenvalue weighted by atomic mass is 35.5. The van der Waals surface area contributed by atoms with Crippen molar-refractivity contribution in [2.45, 2.75) is 0 Å². The molecule has 0 bridgehead atoms. The predicted octanol–water partition coefficient (Wildman–Crippen LogP) is 4.28. The van der Waals surface area contributed by atoms with Gasteiger partial charge in [0.25, 0.3) is 0 Å². The van der Waals surface area contributed by atoms with Crippen molar-refractivity contribution in [3.05, 3.63) is 53.3 Å². The zero-order valence-electron chi connectivity index (χ0n) is 9.11. The normalized spacial score (nSPS) is 10.1. The molecule has 17 heavy (non-hydrogen) atoms. The zero-order valence-corrected chi connectivity index (χ0v) is 9.87. The third-order valence-electron chi connectivity index (χ3n) is 2.18. The summed E-state index contributed by atoms with van der Waals surface area (Å²) in [5.74, 6) is 1.37. The highest BCUT2D eigenvalue weighted by Gasteiger charge is 2.04. The Morgan fingerprint density at radius 1 is 1.00 bits per heavy atom. The lowest BCUT2D eigenvalue weighted by Crippen LogP contribution is -1.87. The van der Waals surface area contributed by atoms with Gasteiger partial charge < -0.3 is 9.47 Å². The highest BCUT2D eigenvalue weighted by molar-refractivity contribution is 6.32. The van der Waals surface area contributed by atoms with Crippen LogP contribution in [0, 0.1) is 5.82 Å². The summed E-state index contributed by atoms with van der Waals surface area (Å²) in [6.07, 6.45) is 0. The Hall–Kier alpha value is -1.74. The van der Waals surface area contributed by atoms with Crippen LogP contribution in [0.15, 0.2) is 42.5 Å². The average Bonchev–Trinajstić information content (AvgIpc) is 2.34. The van der Waals surface area contributed by atoms with Gasteiger partial charge in [0.15, 0.2) is 0 Å². The van der Waals surface area contributed by atoms with Crippen molar-refractivity contribution in [2.75, 3.05) is 7.11 Å². The van der Waals surface area contributed by atoms with Gasteiger partial charge in [0.2, 0.25) is 0 Å². The Balaban J connectivity index is 2.19. The number of benzene rings is 2. The monoisotopic (exact) mass is 252 g/mol. The summed E-state index contributed by atoms with van der Waals surface area (Å²) in [5.41, 5.74) is 0. The number of halogens is 2. The SMILES string of the molecule is COc1ccc(Oc2ccc(F)cc2Cl)cc1. The van der Waals surface area contributed by atoms with Crippen LogP contribution in [0.3, 0.4) is 0 Å². The number of rotatable bonds is 3. The van der Waals surface area contributed by atoms with E-state index in [0.717, 1.165) is 5.75 Å². The minimum atomic E-state index is -0.392. The third kappa shape index (κ3) is 2.88. The van der Waals surface area contributed by atoms with Crippen LogP contribution >= 0.6 is 11.6 Å². The molecule has 0 saturated carbocycles. The maximum Gasteiger partial charge on any atom is 0.146 e. The van der Waals surface area contributed by atoms with E-state index < -0.39 is 5.82 Å². The molecule has 0 unspecified atom stereocenters. The molecule has 0 heterocycles. The Morgan fingerprint density at radius 2 is 1.65 bits per heavy atom. The molecule has 0 atom stereocenters. The van der Waals surface area contributed by atoms with Crippen LogP contribution in [0.4, 0.5) is 4.39 Å². The summed E-state index contributed by atoms with van der Waals surface area (Å²) in [5, 5.41) is 0.237. The fourth-order valence-corrected chi connectivity index (χ4v) is 1.53. The summed E-state index contributed by atoms with van der Waals surface area (Å²) in [6, 6.07) is 11.0. The van der Waals surface area contributed by atoms with E-state index in [1.54, 1.807) is 31.4 Å². The summed E-state index contributed by atoms with van der Waals surface area (Å²) in [6.45, 7) is 0. The minimum absolute atomic E-state index is 0.237. The van der Waals surface area contributed by atoms with Crippen LogP contribution in [0.5, 0.6) is 17.2 Å². The maximum atomic E-state index is 12.8. The fourth-order valence-electron chi connectivity index (χ4n) is 1.33. The molecule has 0 aliphatic heterocycles. The molecule has 4 heteroatoms. The molecule has 88 valence electrons. The molecule has 0 aliphatic carbocycles. The zero-order chi connectivity index (χ0) is 12.3. The first-order valence-electron chi connectivity index (χ1n) is 4.96. The highest BCUT2D eigenvalue weighted by Crippen LogP contribution is 2.30. The summed E-state index contributed by atoms with van der Waals surface area (Å²) in [4.78, 5) is 0. The fraction of sp³-hybridized carbons (Fsp3) is 0.0769. The van der Waals surface area contributed by atoms with Gasteiger partial charge in [-0.25, -0.2) is 4.39 Å². The van der Waals surface area contributed by atoms with Gasteiger partial charge in [0, 0.05) is 0 Å². The molecule has 0 aliphatic rings. The Kier molecular flexibility index (Phi) is 3.49. The predicted molar refractivity (Wildman–Crippen MR) is 64.5 cm³/mol. The van der Waals surface area contributed by atoms with E-state index in [9.17, 15) is 4.39 Å². The summed E-state index contributed by atoms with van der Waals surface area (Å²) < 4.78 is 23.4. The molecule has 0 saturated heterocycles. The summed E-state index contributed by atoms with van der Waals surface area (Å²) in [7, 11) is 1.59. The van der Waals surface area contributed by atoms with Gasteiger partial charge >= 0.3 is 0 Å². The van der Waals surface area contributed by atoms with E-state index in [2.05, 4.69) is 0 Å². The molecule has 0 fully saturated rings. The van der Waals surface area contributed by atoms with Crippen molar-refractivity contribution in [1.29, 1.82) is 0 Å². The lowest BCUT2D eigenvalue weighted by Gasteiger charge is -2.08. The molecule has 2 rings (SSSR count). The van der Waals surface area contributed by atoms with E-state index in [1.165, 1.54) is 18.2 Å². The smallest absolute Gasteiger partial charge is 0.146 e. The lowest BCUT2D eigenvalue weighted by atomic mass is 10.3. The number of hydrogen-bond donors (Lipinski definition) is 0. The third-order valence-corrected chi connectivity index (χ3v) is 2.48. The van der Waals surface area contributed by atoms with Crippen molar-refractivity contribution in [1.82, 2.24) is 0 Å². The first kappa shape index (κ1) is 11.7. The quantitative estimate of drug-likeness (QED) is 0.812. The second-order valence-electron chi connectivity index (χ2n) is 3.35. The summed E-state index contributed by atoms with van der Waals surface area (Å²) >= 11 is 5.85. The number of methoxy groups -OCH3 is 1. The molecule has 2 nitrogen and oxygen atoms in total. The Labute approximate surface area is 104 Å². The first-order valence-corrected chi connectivity index (χ1v) is 5.34. The van der Waals surface area contributed by atoms with Gasteiger partial charge in [0.1, 0.15) is 23.1 Å². The molecule has 2 aromatic rings. The van der Waals surface area contributed by atoms with Crippen LogP contribution in [-0.4, -0.2) is 7.11 Å². The molecule has 0 N–H and O–H groups in total. The molecule has 2 aromatic carbocycles. The molecular weight excluding hydrogens is 243 g/mol. The molecular formula is C13H10ClFO2. The second-order valence-corrected chi connectivity index (χ2v) is 3.76. The number of ether oxygens (including phenoxy) is 2. The van der Waals surface area contributed by atoms with Crippen molar-refractivity contribution in [2.24, 2.45) is 0 Å². The Morgan fingerprint density at radius 3 is 2.24 bits per heavy atom. The van der Waals surface area contributed by atoms with E-state index >= 15 is 0 Å². The van der Waals surface area contributed by atoms with Gasteiger partial charge in [-0.3, -0.25) is 0 Å². The van der Waals surface area contributed by atoms with Gasteiger partial charge in [-0.15, -0.1) is 0 Å². The molecule has 0 amide bonds. The van der Waals surface area contributed by atoms with E-state index in [4.69, 9.17) is 21.1 Å². The Bertz CT molecular complexity index is 511. The molecule has 0 aromatic heterocycles. The van der Waals surface area contributed by atoms with Crippen molar-refractivity contribution in [3.8, 4) is 17.2 Å². The van der Waals surface area contributed by atoms with E-state index in [0.29, 0.717) is 11.5 Å². The standard InChI is InChI=1S/C13H10ClFO2/c1-16-10-3-5-11(6-4-10)17-13-7-2-9(15)8-12(13)14/h2-8H,1H3. The number of hydrogen-bond acceptors (Lipinski definition) is 2. The van der Waals surface area contributed by atoms with E-state index in [-0.39, 0.29) is 5.02 Å². The molecule has 0 radical (unpaired) electrons. The minimum Gasteiger partial charge on any atom is -0.497 e. The topological polar surface area (TPSA) is 18.5 Å². The molecule has 0 spiro atoms. The van der Waals surface area contributed by atoms with Gasteiger partial charge in [-0.1, -0.05) is 11.6 Å². The first-order chi connectivity index (χ1) is 8.19. The van der Waals surface area contributed by atoms with Crippen molar-refractivity contribution in [3.63, 3.8) is 0 Å².